The summed E-state index contributed by atoms with van der Waals surface area (Å²) in [7, 11) is 2.94. The van der Waals surface area contributed by atoms with Crippen molar-refractivity contribution >= 4 is 23.6 Å². The zero-order chi connectivity index (χ0) is 29.4. The molecule has 2 bridgehead atoms. The Hall–Kier alpha value is -3.28. The molecule has 39 heavy (non-hydrogen) atoms. The third kappa shape index (κ3) is 8.35. The summed E-state index contributed by atoms with van der Waals surface area (Å²) in [6.07, 6.45) is 2.75. The van der Waals surface area contributed by atoms with Crippen molar-refractivity contribution in [3.8, 4) is 0 Å². The maximum absolute atomic E-state index is 13.2. The molecule has 11 heteroatoms. The summed E-state index contributed by atoms with van der Waals surface area (Å²) in [5.74, 6) is -2.43. The second-order valence-corrected chi connectivity index (χ2v) is 10.4. The summed E-state index contributed by atoms with van der Waals surface area (Å²) in [5, 5.41) is 13.7. The molecule has 11 nitrogen and oxygen atoms in total. The van der Waals surface area contributed by atoms with E-state index in [0.29, 0.717) is 12.8 Å². The molecule has 2 aliphatic rings. The van der Waals surface area contributed by atoms with Crippen molar-refractivity contribution in [1.82, 2.24) is 5.32 Å². The average molecular weight is 548 g/mol. The Balaban J connectivity index is 2.51. The number of ether oxygens (including phenoxy) is 3. The number of carbonyl (C=O) groups is 4. The quantitative estimate of drug-likeness (QED) is 0.383. The second kappa shape index (κ2) is 14.2. The number of methoxy groups -OCH3 is 2. The van der Waals surface area contributed by atoms with Gasteiger partial charge in [0.1, 0.15) is 12.2 Å². The third-order valence-corrected chi connectivity index (χ3v) is 7.24. The molecular formula is C28H41N3O8. The van der Waals surface area contributed by atoms with E-state index in [1.54, 1.807) is 19.1 Å². The Morgan fingerprint density at radius 1 is 1.08 bits per heavy atom. The summed E-state index contributed by atoms with van der Waals surface area (Å²) < 4.78 is 16.6. The van der Waals surface area contributed by atoms with Gasteiger partial charge in [-0.3, -0.25) is 14.4 Å². The van der Waals surface area contributed by atoms with Crippen LogP contribution < -0.4 is 16.8 Å². The van der Waals surface area contributed by atoms with Crippen molar-refractivity contribution < 1.29 is 38.5 Å². The standard InChI is InChI=1S/C28H41N3O8/c1-14-10-18-23(29)20(32)13-19(25(18)34)31-27(35)15(2)8-7-9-21(37-5)26(39-28(30)36)17(4)12-16(3)24(33)22(11-14)38-6/h7-9,13-14,16-17,21-22,24,26,33H,10-12,29H2,1-6H3,(H2,30,36)(H,31,35)/b9-7-,15-8+/t14-,16+,17?,21+,22+,24-,26+/m1/s1. The summed E-state index contributed by atoms with van der Waals surface area (Å²) in [5.41, 5.74) is 11.4. The van der Waals surface area contributed by atoms with Crippen molar-refractivity contribution in [1.29, 1.82) is 0 Å². The topological polar surface area (TPSA) is 180 Å². The highest BCUT2D eigenvalue weighted by Crippen LogP contribution is 2.30. The first-order valence-corrected chi connectivity index (χ1v) is 13.0. The highest BCUT2D eigenvalue weighted by molar-refractivity contribution is 6.23. The van der Waals surface area contributed by atoms with Gasteiger partial charge in [-0.1, -0.05) is 39.0 Å². The molecule has 6 N–H and O–H groups in total. The number of amides is 2. The molecule has 0 fully saturated rings. The van der Waals surface area contributed by atoms with E-state index < -0.39 is 48.0 Å². The van der Waals surface area contributed by atoms with Crippen LogP contribution in [0, 0.1) is 17.8 Å². The highest BCUT2D eigenvalue weighted by Gasteiger charge is 2.35. The number of aliphatic hydroxyl groups excluding tert-OH is 1. The number of hydrogen-bond acceptors (Lipinski definition) is 9. The molecule has 2 amide bonds. The fourth-order valence-corrected chi connectivity index (χ4v) is 5.00. The van der Waals surface area contributed by atoms with Gasteiger partial charge in [-0.15, -0.1) is 0 Å². The summed E-state index contributed by atoms with van der Waals surface area (Å²) >= 11 is 0. The predicted molar refractivity (Wildman–Crippen MR) is 144 cm³/mol. The van der Waals surface area contributed by atoms with Gasteiger partial charge in [0, 0.05) is 31.4 Å². The molecule has 0 aromatic heterocycles. The van der Waals surface area contributed by atoms with E-state index in [1.807, 2.05) is 20.8 Å². The van der Waals surface area contributed by atoms with Gasteiger partial charge in [0.15, 0.2) is 0 Å². The molecule has 216 valence electrons. The minimum Gasteiger partial charge on any atom is -0.443 e. The Morgan fingerprint density at radius 3 is 2.33 bits per heavy atom. The number of primary amides is 1. The molecule has 0 radical (unpaired) electrons. The molecular weight excluding hydrogens is 506 g/mol. The van der Waals surface area contributed by atoms with Crippen LogP contribution in [-0.4, -0.2) is 67.3 Å². The summed E-state index contributed by atoms with van der Waals surface area (Å²) in [6.45, 7) is 7.13. The molecule has 2 rings (SSSR count). The lowest BCUT2D eigenvalue weighted by Gasteiger charge is -2.33. The number of aliphatic hydroxyl groups is 1. The maximum Gasteiger partial charge on any atom is 0.404 e. The molecule has 0 spiro atoms. The first-order valence-electron chi connectivity index (χ1n) is 13.0. The van der Waals surface area contributed by atoms with E-state index in [2.05, 4.69) is 5.32 Å². The Labute approximate surface area is 229 Å². The molecule has 0 aromatic rings. The number of nitrogens with one attached hydrogen (secondary N) is 1. The van der Waals surface area contributed by atoms with Crippen LogP contribution in [0.4, 0.5) is 4.79 Å². The van der Waals surface area contributed by atoms with Gasteiger partial charge >= 0.3 is 6.09 Å². The number of allylic oxidation sites excluding steroid dienone is 4. The van der Waals surface area contributed by atoms with Crippen LogP contribution in [0.1, 0.15) is 47.0 Å². The number of rotatable bonds is 3. The van der Waals surface area contributed by atoms with Crippen molar-refractivity contribution in [2.45, 2.75) is 71.4 Å². The fourth-order valence-electron chi connectivity index (χ4n) is 5.00. The molecule has 0 saturated heterocycles. The van der Waals surface area contributed by atoms with E-state index in [-0.39, 0.29) is 46.7 Å². The van der Waals surface area contributed by atoms with Gasteiger partial charge in [-0.25, -0.2) is 4.79 Å². The van der Waals surface area contributed by atoms with Crippen LogP contribution in [0.15, 0.2) is 46.8 Å². The Bertz CT molecular complexity index is 1080. The molecule has 0 saturated carbocycles. The van der Waals surface area contributed by atoms with Crippen LogP contribution in [-0.2, 0) is 28.6 Å². The van der Waals surface area contributed by atoms with Crippen molar-refractivity contribution in [2.75, 3.05) is 14.2 Å². The Morgan fingerprint density at radius 2 is 1.74 bits per heavy atom. The molecule has 1 unspecified atom stereocenters. The van der Waals surface area contributed by atoms with Crippen LogP contribution >= 0.6 is 0 Å². The van der Waals surface area contributed by atoms with E-state index >= 15 is 0 Å². The van der Waals surface area contributed by atoms with Gasteiger partial charge < -0.3 is 36.1 Å². The van der Waals surface area contributed by atoms with E-state index in [0.717, 1.165) is 6.08 Å². The zero-order valence-electron chi connectivity index (χ0n) is 23.4. The molecule has 0 aromatic carbocycles. The lowest BCUT2D eigenvalue weighted by Crippen LogP contribution is -2.41. The molecule has 1 aliphatic carbocycles. The van der Waals surface area contributed by atoms with Gasteiger partial charge in [0.05, 0.1) is 23.6 Å². The van der Waals surface area contributed by atoms with Crippen molar-refractivity contribution in [3.05, 3.63) is 46.8 Å². The summed E-state index contributed by atoms with van der Waals surface area (Å²) in [4.78, 5) is 50.2. The molecule has 1 heterocycles. The predicted octanol–water partition coefficient (Wildman–Crippen LogP) is 1.80. The third-order valence-electron chi connectivity index (χ3n) is 7.24. The lowest BCUT2D eigenvalue weighted by molar-refractivity contribution is -0.120. The van der Waals surface area contributed by atoms with Crippen LogP contribution in [0.5, 0.6) is 0 Å². The van der Waals surface area contributed by atoms with Gasteiger partial charge in [0.2, 0.25) is 11.6 Å². The number of nitrogens with two attached hydrogens (primary N) is 2. The van der Waals surface area contributed by atoms with Crippen molar-refractivity contribution in [3.63, 3.8) is 0 Å². The first kappa shape index (κ1) is 31.9. The van der Waals surface area contributed by atoms with Crippen LogP contribution in [0.3, 0.4) is 0 Å². The number of carbonyl (C=O) groups excluding carboxylic acids is 4. The first-order chi connectivity index (χ1) is 18.3. The number of ketones is 2. The van der Waals surface area contributed by atoms with Crippen molar-refractivity contribution in [2.24, 2.45) is 29.2 Å². The number of hydrogen-bond donors (Lipinski definition) is 4. The normalized spacial score (nSPS) is 34.0. The van der Waals surface area contributed by atoms with Gasteiger partial charge in [-0.2, -0.15) is 0 Å². The Kier molecular flexibility index (Phi) is 11.6. The van der Waals surface area contributed by atoms with Gasteiger partial charge in [0.25, 0.3) is 5.91 Å². The smallest absolute Gasteiger partial charge is 0.404 e. The van der Waals surface area contributed by atoms with E-state index in [9.17, 15) is 24.3 Å². The molecule has 7 atom stereocenters. The largest absolute Gasteiger partial charge is 0.443 e. The SMILES string of the molecule is CO[C@H]1/C=C\C=C(/C)C(=O)NC2=CC(=O)C(N)=C(C[C@@H](C)C[C@H](OC)[C@H](O)[C@@H](C)CC(C)[C@@H]1OC(N)=O)C2=O. The molecule has 1 aliphatic heterocycles. The average Bonchev–Trinajstić information content (AvgIpc) is 2.88. The number of Topliss-reactive ketones (excluding diaryl/α,β-unsaturated/α-hetero) is 1. The van der Waals surface area contributed by atoms with Crippen LogP contribution in [0.2, 0.25) is 0 Å². The monoisotopic (exact) mass is 547 g/mol. The fraction of sp³-hybridized carbons (Fsp3) is 0.571. The van der Waals surface area contributed by atoms with E-state index in [1.165, 1.54) is 20.3 Å². The highest BCUT2D eigenvalue weighted by atomic mass is 16.6. The van der Waals surface area contributed by atoms with Gasteiger partial charge in [-0.05, 0) is 43.9 Å². The summed E-state index contributed by atoms with van der Waals surface area (Å²) in [6, 6.07) is 0. The number of fused-ring (bicyclic) bond motifs is 2. The second-order valence-electron chi connectivity index (χ2n) is 10.4. The van der Waals surface area contributed by atoms with E-state index in [4.69, 9.17) is 25.7 Å². The lowest BCUT2D eigenvalue weighted by atomic mass is 9.82. The minimum absolute atomic E-state index is 0.116. The zero-order valence-corrected chi connectivity index (χ0v) is 23.4. The minimum atomic E-state index is -0.962. The maximum atomic E-state index is 13.2. The van der Waals surface area contributed by atoms with Crippen LogP contribution in [0.25, 0.3) is 0 Å².